The molecule has 0 aliphatic carbocycles. The summed E-state index contributed by atoms with van der Waals surface area (Å²) < 4.78 is 12.2. The number of nitrogens with one attached hydrogen (secondary N) is 1. The van der Waals surface area contributed by atoms with Crippen molar-refractivity contribution in [3.8, 4) is 11.5 Å². The topological polar surface area (TPSA) is 88.5 Å². The van der Waals surface area contributed by atoms with E-state index in [-0.39, 0.29) is 18.3 Å². The summed E-state index contributed by atoms with van der Waals surface area (Å²) in [5.74, 6) is 3.13. The van der Waals surface area contributed by atoms with Crippen molar-refractivity contribution in [2.45, 2.75) is 42.7 Å². The molecule has 1 saturated heterocycles. The summed E-state index contributed by atoms with van der Waals surface area (Å²) in [7, 11) is 0. The number of ether oxygens (including phenoxy) is 2. The van der Waals surface area contributed by atoms with Crippen LogP contribution < -0.4 is 30.3 Å². The first-order valence-corrected chi connectivity index (χ1v) is 11.6. The summed E-state index contributed by atoms with van der Waals surface area (Å²) in [6.07, 6.45) is 2.86. The van der Waals surface area contributed by atoms with E-state index < -0.39 is 0 Å². The van der Waals surface area contributed by atoms with Crippen molar-refractivity contribution in [1.29, 1.82) is 0 Å². The number of hydrogen-bond donors (Lipinski definition) is 2. The molecule has 154 valence electrons. The molecule has 8 nitrogen and oxygen atoms in total. The van der Waals surface area contributed by atoms with Crippen LogP contribution in [0.2, 0.25) is 0 Å². The predicted molar refractivity (Wildman–Crippen MR) is 123 cm³/mol. The van der Waals surface area contributed by atoms with Crippen molar-refractivity contribution in [3.63, 3.8) is 0 Å². The molecule has 0 radical (unpaired) electrons. The molecular formula is C19H23IN6O2S. The first kappa shape index (κ1) is 19.3. The highest BCUT2D eigenvalue weighted by Gasteiger charge is 2.60. The Kier molecular flexibility index (Phi) is 5.03. The van der Waals surface area contributed by atoms with Gasteiger partial charge in [0.15, 0.2) is 23.1 Å². The van der Waals surface area contributed by atoms with Gasteiger partial charge < -0.3 is 30.3 Å². The molecule has 4 heterocycles. The van der Waals surface area contributed by atoms with E-state index in [2.05, 4.69) is 67.6 Å². The van der Waals surface area contributed by atoms with Gasteiger partial charge in [0.05, 0.1) is 0 Å². The van der Waals surface area contributed by atoms with E-state index in [1.54, 1.807) is 6.33 Å². The molecule has 1 aromatic heterocycles. The lowest BCUT2D eigenvalue weighted by Gasteiger charge is -2.21. The average molecular weight is 526 g/mol. The zero-order chi connectivity index (χ0) is 20.1. The Hall–Kier alpha value is -1.66. The Morgan fingerprint density at radius 2 is 2.10 bits per heavy atom. The van der Waals surface area contributed by atoms with E-state index in [4.69, 9.17) is 15.2 Å². The smallest absolute Gasteiger partial charge is 0.231 e. The third kappa shape index (κ3) is 3.44. The third-order valence-corrected chi connectivity index (χ3v) is 7.77. The maximum absolute atomic E-state index is 6.23. The number of anilines is 3. The molecule has 3 aliphatic heterocycles. The second kappa shape index (κ2) is 7.55. The van der Waals surface area contributed by atoms with E-state index in [1.807, 2.05) is 17.8 Å². The highest BCUT2D eigenvalue weighted by atomic mass is 127. The second-order valence-electron chi connectivity index (χ2n) is 7.55. The molecule has 2 atom stereocenters. The number of thioether (sulfide) groups is 1. The number of benzene rings is 1. The number of nitrogen functional groups attached to an aromatic ring is 1. The molecule has 29 heavy (non-hydrogen) atoms. The van der Waals surface area contributed by atoms with Gasteiger partial charge in [-0.3, -0.25) is 0 Å². The first-order valence-electron chi connectivity index (χ1n) is 9.69. The number of fused-ring (bicyclic) bond motifs is 4. The second-order valence-corrected chi connectivity index (χ2v) is 9.87. The molecule has 1 aromatic carbocycles. The first-order chi connectivity index (χ1) is 14.0. The zero-order valence-corrected chi connectivity index (χ0v) is 19.2. The summed E-state index contributed by atoms with van der Waals surface area (Å²) in [6.45, 7) is 6.54. The molecule has 1 fully saturated rings. The van der Waals surface area contributed by atoms with Gasteiger partial charge in [-0.25, -0.2) is 9.97 Å². The largest absolute Gasteiger partial charge is 0.454 e. The minimum absolute atomic E-state index is 0.259. The van der Waals surface area contributed by atoms with Gasteiger partial charge in [-0.15, -0.1) is 0 Å². The van der Waals surface area contributed by atoms with Crippen molar-refractivity contribution in [2.24, 2.45) is 0 Å². The van der Waals surface area contributed by atoms with E-state index in [9.17, 15) is 0 Å². The monoisotopic (exact) mass is 526 g/mol. The van der Waals surface area contributed by atoms with Crippen molar-refractivity contribution < 1.29 is 9.47 Å². The highest BCUT2D eigenvalue weighted by Crippen LogP contribution is 2.57. The lowest BCUT2D eigenvalue weighted by Crippen LogP contribution is -2.32. The van der Waals surface area contributed by atoms with Crippen molar-refractivity contribution in [1.82, 2.24) is 15.3 Å². The number of halogens is 1. The van der Waals surface area contributed by atoms with Gasteiger partial charge in [-0.2, -0.15) is 0 Å². The van der Waals surface area contributed by atoms with E-state index in [1.165, 1.54) is 4.90 Å². The molecule has 0 amide bonds. The summed E-state index contributed by atoms with van der Waals surface area (Å²) in [5.41, 5.74) is 7.19. The van der Waals surface area contributed by atoms with Crippen LogP contribution in [-0.2, 0) is 0 Å². The van der Waals surface area contributed by atoms with E-state index in [0.717, 1.165) is 46.1 Å². The molecule has 2 unspecified atom stereocenters. The molecule has 3 aliphatic rings. The van der Waals surface area contributed by atoms with Gasteiger partial charge in [0.1, 0.15) is 23.6 Å². The Labute approximate surface area is 187 Å². The molecule has 5 rings (SSSR count). The fourth-order valence-corrected chi connectivity index (χ4v) is 5.94. The number of nitrogens with zero attached hydrogens (tertiary/aromatic N) is 4. The van der Waals surface area contributed by atoms with Gasteiger partial charge in [0, 0.05) is 21.1 Å². The minimum Gasteiger partial charge on any atom is -0.454 e. The molecular weight excluding hydrogens is 503 g/mol. The maximum Gasteiger partial charge on any atom is 0.231 e. The van der Waals surface area contributed by atoms with Crippen LogP contribution in [0.1, 0.15) is 20.3 Å². The molecule has 0 spiro atoms. The summed E-state index contributed by atoms with van der Waals surface area (Å²) in [5, 5.41) is 3.77. The molecule has 3 N–H and O–H groups in total. The number of hydrogen-bond acceptors (Lipinski definition) is 9. The van der Waals surface area contributed by atoms with Crippen molar-refractivity contribution in [2.75, 3.05) is 35.4 Å². The summed E-state index contributed by atoms with van der Waals surface area (Å²) >= 11 is 4.19. The van der Waals surface area contributed by atoms with Crippen molar-refractivity contribution >= 4 is 51.7 Å². The predicted octanol–water partition coefficient (Wildman–Crippen LogP) is 2.86. The Bertz CT molecular complexity index is 945. The van der Waals surface area contributed by atoms with Gasteiger partial charge in [-0.1, -0.05) is 25.6 Å². The Morgan fingerprint density at radius 3 is 2.90 bits per heavy atom. The van der Waals surface area contributed by atoms with Crippen molar-refractivity contribution in [3.05, 3.63) is 22.0 Å². The average Bonchev–Trinajstić information content (AvgIpc) is 3.02. The van der Waals surface area contributed by atoms with Crippen LogP contribution in [0.4, 0.5) is 17.3 Å². The highest BCUT2D eigenvalue weighted by molar-refractivity contribution is 14.1. The fraction of sp³-hybridized carbons (Fsp3) is 0.474. The van der Waals surface area contributed by atoms with E-state index >= 15 is 0 Å². The normalized spacial score (nSPS) is 21.0. The van der Waals surface area contributed by atoms with Gasteiger partial charge in [-0.05, 0) is 47.7 Å². The number of nitrogens with two attached hydrogens (primary N) is 1. The van der Waals surface area contributed by atoms with Crippen LogP contribution in [0.25, 0.3) is 0 Å². The van der Waals surface area contributed by atoms with Crippen LogP contribution in [0, 0.1) is 3.57 Å². The van der Waals surface area contributed by atoms with E-state index in [0.29, 0.717) is 11.9 Å². The number of aromatic nitrogens is 2. The fourth-order valence-electron chi connectivity index (χ4n) is 3.84. The lowest BCUT2D eigenvalue weighted by atomic mass is 10.3. The van der Waals surface area contributed by atoms with Gasteiger partial charge >= 0.3 is 0 Å². The van der Waals surface area contributed by atoms with Crippen LogP contribution in [0.15, 0.2) is 23.4 Å². The molecule has 10 heteroatoms. The minimum atomic E-state index is 0.259. The zero-order valence-electron chi connectivity index (χ0n) is 16.3. The lowest BCUT2D eigenvalue weighted by molar-refractivity contribution is 0.174. The van der Waals surface area contributed by atoms with Crippen LogP contribution in [0.5, 0.6) is 11.5 Å². The van der Waals surface area contributed by atoms with Crippen LogP contribution in [0.3, 0.4) is 0 Å². The van der Waals surface area contributed by atoms with Gasteiger partial charge in [0.2, 0.25) is 6.79 Å². The molecule has 0 saturated carbocycles. The Balaban J connectivity index is 1.35. The summed E-state index contributed by atoms with van der Waals surface area (Å²) in [6, 6.07) is 4.61. The standard InChI is InChI=1S/C19H23IN6O2S/c1-10(2)22-4-3-5-25-17-15(16(21)23-8-24-17)26-18(25)19(26)29-14-7-13-12(6-11(14)20)27-9-28-13/h6-8,10,18-19,22H,3-5,9H2,1-2H3,(H2,21,23,24). The van der Waals surface area contributed by atoms with Crippen LogP contribution >= 0.6 is 34.4 Å². The quantitative estimate of drug-likeness (QED) is 0.321. The molecule has 2 aromatic rings. The SMILES string of the molecule is CC(C)NCCCN1c2ncnc(N)c2N2C(Sc3cc4c(cc3I)OCO4)C12. The Morgan fingerprint density at radius 1 is 1.31 bits per heavy atom. The third-order valence-electron chi connectivity index (χ3n) is 5.21. The molecule has 0 bridgehead atoms. The number of rotatable bonds is 7. The maximum atomic E-state index is 6.23. The van der Waals surface area contributed by atoms with Crippen LogP contribution in [-0.4, -0.2) is 47.4 Å². The van der Waals surface area contributed by atoms with Gasteiger partial charge in [0.25, 0.3) is 0 Å². The summed E-state index contributed by atoms with van der Waals surface area (Å²) in [4.78, 5) is 14.6.